The van der Waals surface area contributed by atoms with Crippen molar-refractivity contribution in [1.29, 1.82) is 0 Å². The minimum atomic E-state index is -0.157. The Hall–Kier alpha value is -2.77. The first-order chi connectivity index (χ1) is 12.5. The van der Waals surface area contributed by atoms with Crippen molar-refractivity contribution in [2.24, 2.45) is 7.05 Å². The largest absolute Gasteiger partial charge is 0.396 e. The summed E-state index contributed by atoms with van der Waals surface area (Å²) in [5.41, 5.74) is 3.85. The van der Waals surface area contributed by atoms with Crippen LogP contribution in [0.1, 0.15) is 18.7 Å². The van der Waals surface area contributed by atoms with Crippen LogP contribution in [0.5, 0.6) is 0 Å². The van der Waals surface area contributed by atoms with E-state index in [1.54, 1.807) is 15.4 Å². The van der Waals surface area contributed by atoms with Gasteiger partial charge < -0.3 is 5.11 Å². The van der Waals surface area contributed by atoms with Gasteiger partial charge in [-0.1, -0.05) is 30.7 Å². The van der Waals surface area contributed by atoms with Gasteiger partial charge in [0.1, 0.15) is 5.69 Å². The van der Waals surface area contributed by atoms with Crippen molar-refractivity contribution in [1.82, 2.24) is 29.4 Å². The summed E-state index contributed by atoms with van der Waals surface area (Å²) in [6, 6.07) is 7.48. The van der Waals surface area contributed by atoms with Crippen molar-refractivity contribution in [2.75, 3.05) is 6.61 Å². The number of aliphatic hydroxyl groups excluding tert-OH is 1. The van der Waals surface area contributed by atoms with E-state index >= 15 is 0 Å². The molecule has 0 aliphatic carbocycles. The maximum atomic E-state index is 9.43. The van der Waals surface area contributed by atoms with E-state index in [9.17, 15) is 5.11 Å². The summed E-state index contributed by atoms with van der Waals surface area (Å²) in [7, 11) is 1.85. The fourth-order valence-corrected chi connectivity index (χ4v) is 2.82. The van der Waals surface area contributed by atoms with Gasteiger partial charge in [-0.05, 0) is 12.1 Å². The average Bonchev–Trinajstić information content (AvgIpc) is 3.27. The van der Waals surface area contributed by atoms with E-state index < -0.39 is 0 Å². The van der Waals surface area contributed by atoms with Crippen LogP contribution in [0, 0.1) is 0 Å². The Morgan fingerprint density at radius 3 is 2.54 bits per heavy atom. The molecule has 0 fully saturated rings. The second kappa shape index (κ2) is 6.51. The predicted molar refractivity (Wildman–Crippen MR) is 98.9 cm³/mol. The molecule has 1 N–H and O–H groups in total. The van der Waals surface area contributed by atoms with E-state index in [2.05, 4.69) is 15.2 Å². The molecule has 7 nitrogen and oxygen atoms in total. The third-order valence-corrected chi connectivity index (χ3v) is 4.42. The first kappa shape index (κ1) is 16.7. The van der Waals surface area contributed by atoms with Crippen molar-refractivity contribution < 1.29 is 5.11 Å². The highest BCUT2D eigenvalue weighted by molar-refractivity contribution is 6.30. The maximum absolute atomic E-state index is 9.43. The molecule has 3 aromatic heterocycles. The number of rotatable bonds is 4. The number of benzene rings is 1. The van der Waals surface area contributed by atoms with Crippen LogP contribution in [-0.2, 0) is 7.05 Å². The normalized spacial score (nSPS) is 12.6. The molecule has 0 spiro atoms. The van der Waals surface area contributed by atoms with Gasteiger partial charge in [0.2, 0.25) is 0 Å². The van der Waals surface area contributed by atoms with Gasteiger partial charge >= 0.3 is 0 Å². The van der Waals surface area contributed by atoms with Gasteiger partial charge in [-0.3, -0.25) is 4.68 Å². The highest BCUT2D eigenvalue weighted by atomic mass is 35.5. The second-order valence-corrected chi connectivity index (χ2v) is 6.64. The Bertz CT molecular complexity index is 1070. The topological polar surface area (TPSA) is 81.1 Å². The molecule has 1 aromatic carbocycles. The molecule has 4 aromatic rings. The molecule has 4 rings (SSSR count). The van der Waals surface area contributed by atoms with E-state index in [1.807, 2.05) is 50.6 Å². The zero-order valence-electron chi connectivity index (χ0n) is 14.3. The lowest BCUT2D eigenvalue weighted by Gasteiger charge is -2.05. The van der Waals surface area contributed by atoms with E-state index in [-0.39, 0.29) is 12.5 Å². The molecule has 0 radical (unpaired) electrons. The Balaban J connectivity index is 1.95. The van der Waals surface area contributed by atoms with Gasteiger partial charge in [-0.15, -0.1) is 0 Å². The monoisotopic (exact) mass is 368 g/mol. The summed E-state index contributed by atoms with van der Waals surface area (Å²) in [5.74, 6) is 0.420. The van der Waals surface area contributed by atoms with Crippen LogP contribution in [-0.4, -0.2) is 41.1 Å². The van der Waals surface area contributed by atoms with Crippen molar-refractivity contribution in [3.05, 3.63) is 53.7 Å². The maximum Gasteiger partial charge on any atom is 0.182 e. The number of aromatic nitrogens is 6. The van der Waals surface area contributed by atoms with E-state index in [0.29, 0.717) is 22.2 Å². The van der Waals surface area contributed by atoms with Gasteiger partial charge in [0.25, 0.3) is 0 Å². The number of hydrogen-bond donors (Lipinski definition) is 1. The van der Waals surface area contributed by atoms with Crippen molar-refractivity contribution in [2.45, 2.75) is 12.8 Å². The predicted octanol–water partition coefficient (Wildman–Crippen LogP) is 2.94. The Morgan fingerprint density at radius 1 is 1.12 bits per heavy atom. The second-order valence-electron chi connectivity index (χ2n) is 6.21. The van der Waals surface area contributed by atoms with Crippen LogP contribution in [0.4, 0.5) is 0 Å². The number of fused-ring (bicyclic) bond motifs is 1. The lowest BCUT2D eigenvalue weighted by atomic mass is 10.1. The van der Waals surface area contributed by atoms with Gasteiger partial charge in [0.05, 0.1) is 24.7 Å². The van der Waals surface area contributed by atoms with Crippen LogP contribution < -0.4 is 0 Å². The van der Waals surface area contributed by atoms with Crippen molar-refractivity contribution in [3.8, 4) is 22.5 Å². The van der Waals surface area contributed by atoms with Gasteiger partial charge in [0, 0.05) is 35.3 Å². The summed E-state index contributed by atoms with van der Waals surface area (Å²) in [6.45, 7) is 1.86. The van der Waals surface area contributed by atoms with Crippen molar-refractivity contribution in [3.63, 3.8) is 0 Å². The number of aliphatic hydroxyl groups is 1. The molecule has 0 saturated heterocycles. The molecule has 26 heavy (non-hydrogen) atoms. The number of aryl methyl sites for hydroxylation is 1. The lowest BCUT2D eigenvalue weighted by Crippen LogP contribution is -2.01. The van der Waals surface area contributed by atoms with E-state index in [0.717, 1.165) is 16.8 Å². The first-order valence-electron chi connectivity index (χ1n) is 8.18. The third-order valence-electron chi connectivity index (χ3n) is 4.17. The van der Waals surface area contributed by atoms with Gasteiger partial charge in [-0.2, -0.15) is 10.2 Å². The highest BCUT2D eigenvalue weighted by Crippen LogP contribution is 2.27. The van der Waals surface area contributed by atoms with E-state index in [4.69, 9.17) is 16.6 Å². The molecule has 0 amide bonds. The third kappa shape index (κ3) is 2.95. The number of nitrogens with zero attached hydrogens (tertiary/aromatic N) is 6. The van der Waals surface area contributed by atoms with Crippen molar-refractivity contribution >= 4 is 17.2 Å². The summed E-state index contributed by atoms with van der Waals surface area (Å²) in [6.07, 6.45) is 5.47. The number of hydrogen-bond acceptors (Lipinski definition) is 5. The SMILES string of the molecule is C[C@@H](CO)c1nc2c(-c3cnn(C)c3)nc(-c3ccc(Cl)cc3)cn2n1. The van der Waals surface area contributed by atoms with Crippen LogP contribution in [0.15, 0.2) is 42.9 Å². The minimum Gasteiger partial charge on any atom is -0.396 e. The minimum absolute atomic E-state index is 0.0173. The number of halogens is 1. The van der Waals surface area contributed by atoms with Gasteiger partial charge in [0.15, 0.2) is 11.5 Å². The molecule has 0 aliphatic heterocycles. The molecule has 3 heterocycles. The summed E-state index contributed by atoms with van der Waals surface area (Å²) >= 11 is 6.00. The smallest absolute Gasteiger partial charge is 0.182 e. The first-order valence-corrected chi connectivity index (χ1v) is 8.56. The summed E-state index contributed by atoms with van der Waals surface area (Å²) in [5, 5.41) is 18.9. The standard InChI is InChI=1S/C18H17ClN6O/c1-11(10-26)17-22-18-16(13-7-20-24(2)8-13)21-15(9-25(18)23-17)12-3-5-14(19)6-4-12/h3-9,11,26H,10H2,1-2H3/t11-/m0/s1. The van der Waals surface area contributed by atoms with Gasteiger partial charge in [-0.25, -0.2) is 14.5 Å². The fraction of sp³-hybridized carbons (Fsp3) is 0.222. The fourth-order valence-electron chi connectivity index (χ4n) is 2.69. The molecule has 0 unspecified atom stereocenters. The zero-order valence-corrected chi connectivity index (χ0v) is 15.1. The Morgan fingerprint density at radius 2 is 1.88 bits per heavy atom. The lowest BCUT2D eigenvalue weighted by molar-refractivity contribution is 0.269. The quantitative estimate of drug-likeness (QED) is 0.599. The molecular formula is C18H17ClN6O. The van der Waals surface area contributed by atoms with Crippen LogP contribution in [0.2, 0.25) is 5.02 Å². The average molecular weight is 369 g/mol. The molecular weight excluding hydrogens is 352 g/mol. The molecule has 0 bridgehead atoms. The van der Waals surface area contributed by atoms with Crippen LogP contribution in [0.3, 0.4) is 0 Å². The zero-order chi connectivity index (χ0) is 18.3. The summed E-state index contributed by atoms with van der Waals surface area (Å²) < 4.78 is 3.43. The van der Waals surface area contributed by atoms with Crippen LogP contribution in [0.25, 0.3) is 28.2 Å². The molecule has 8 heteroatoms. The Labute approximate surface area is 154 Å². The van der Waals surface area contributed by atoms with E-state index in [1.165, 1.54) is 0 Å². The summed E-state index contributed by atoms with van der Waals surface area (Å²) in [4.78, 5) is 9.39. The molecule has 132 valence electrons. The van der Waals surface area contributed by atoms with Crippen LogP contribution >= 0.6 is 11.6 Å². The Kier molecular flexibility index (Phi) is 4.18. The molecule has 1 atom stereocenters. The highest BCUT2D eigenvalue weighted by Gasteiger charge is 2.18. The molecule has 0 saturated carbocycles. The molecule has 0 aliphatic rings.